The maximum Gasteiger partial charge on any atom is 0.348 e. The molecule has 6 nitrogen and oxygen atoms in total. The number of hydrogen-bond donors (Lipinski definition) is 0. The molecule has 3 aromatic rings. The summed E-state index contributed by atoms with van der Waals surface area (Å²) in [4.78, 5) is 29.9. The summed E-state index contributed by atoms with van der Waals surface area (Å²) in [5.41, 5.74) is 0.415. The van der Waals surface area contributed by atoms with Gasteiger partial charge in [0.05, 0.1) is 12.5 Å². The predicted molar refractivity (Wildman–Crippen MR) is 79.9 cm³/mol. The van der Waals surface area contributed by atoms with E-state index in [1.165, 1.54) is 23.1 Å². The standard InChI is InChI=1S/C14H13N3O3S/c1-8-10-12(21-11(8)14(19)20-3)15-9(2)17(13(10)18)16-6-4-5-7-16/h4-7H,1-3H3. The van der Waals surface area contributed by atoms with E-state index in [1.54, 1.807) is 30.9 Å². The number of fused-ring (bicyclic) bond motifs is 1. The van der Waals surface area contributed by atoms with E-state index in [1.807, 2.05) is 12.1 Å². The van der Waals surface area contributed by atoms with Crippen LogP contribution in [0.25, 0.3) is 10.2 Å². The third-order valence-corrected chi connectivity index (χ3v) is 4.46. The van der Waals surface area contributed by atoms with Crippen molar-refractivity contribution >= 4 is 27.5 Å². The van der Waals surface area contributed by atoms with E-state index >= 15 is 0 Å². The minimum atomic E-state index is -0.444. The second-order valence-electron chi connectivity index (χ2n) is 4.57. The Balaban J connectivity index is 2.38. The molecule has 0 saturated heterocycles. The molecule has 0 fully saturated rings. The molecule has 0 spiro atoms. The number of carbonyl (C=O) groups is 1. The maximum atomic E-state index is 12.7. The van der Waals surface area contributed by atoms with E-state index in [0.29, 0.717) is 26.5 Å². The zero-order valence-electron chi connectivity index (χ0n) is 11.8. The summed E-state index contributed by atoms with van der Waals surface area (Å²) < 4.78 is 7.89. The Hall–Kier alpha value is -2.41. The van der Waals surface area contributed by atoms with Gasteiger partial charge in [-0.1, -0.05) is 0 Å². The van der Waals surface area contributed by atoms with Crippen LogP contribution in [0.1, 0.15) is 21.1 Å². The minimum Gasteiger partial charge on any atom is -0.465 e. The van der Waals surface area contributed by atoms with Gasteiger partial charge in [0, 0.05) is 12.4 Å². The molecule has 0 aliphatic heterocycles. The Morgan fingerprint density at radius 2 is 1.95 bits per heavy atom. The van der Waals surface area contributed by atoms with Crippen LogP contribution < -0.4 is 5.56 Å². The molecule has 0 bridgehead atoms. The lowest BCUT2D eigenvalue weighted by Gasteiger charge is -2.10. The number of carbonyl (C=O) groups excluding carboxylic acids is 1. The lowest BCUT2D eigenvalue weighted by atomic mass is 10.2. The van der Waals surface area contributed by atoms with Gasteiger partial charge in [0.1, 0.15) is 15.5 Å². The van der Waals surface area contributed by atoms with Crippen LogP contribution in [-0.2, 0) is 4.74 Å². The van der Waals surface area contributed by atoms with Gasteiger partial charge in [-0.25, -0.2) is 9.78 Å². The van der Waals surface area contributed by atoms with Gasteiger partial charge in [-0.15, -0.1) is 11.3 Å². The van der Waals surface area contributed by atoms with Gasteiger partial charge in [-0.3, -0.25) is 9.47 Å². The molecule has 0 aromatic carbocycles. The van der Waals surface area contributed by atoms with Gasteiger partial charge in [0.25, 0.3) is 5.56 Å². The van der Waals surface area contributed by atoms with Crippen molar-refractivity contribution in [3.8, 4) is 0 Å². The van der Waals surface area contributed by atoms with Crippen molar-refractivity contribution in [1.29, 1.82) is 0 Å². The van der Waals surface area contributed by atoms with E-state index in [-0.39, 0.29) is 5.56 Å². The average Bonchev–Trinajstić information content (AvgIpc) is 3.06. The van der Waals surface area contributed by atoms with Gasteiger partial charge in [-0.05, 0) is 31.5 Å². The fourth-order valence-electron chi connectivity index (χ4n) is 2.29. The van der Waals surface area contributed by atoms with Crippen molar-refractivity contribution in [3.05, 3.63) is 51.1 Å². The number of ether oxygens (including phenoxy) is 1. The summed E-state index contributed by atoms with van der Waals surface area (Å²) in [5.74, 6) is 0.112. The van der Waals surface area contributed by atoms with E-state index in [9.17, 15) is 9.59 Å². The number of rotatable bonds is 2. The molecule has 3 rings (SSSR count). The molecule has 3 aromatic heterocycles. The van der Waals surface area contributed by atoms with Crippen LogP contribution in [0.2, 0.25) is 0 Å². The van der Waals surface area contributed by atoms with Crippen LogP contribution in [0.15, 0.2) is 29.3 Å². The Kier molecular flexibility index (Phi) is 3.13. The highest BCUT2D eigenvalue weighted by molar-refractivity contribution is 7.20. The molecular weight excluding hydrogens is 290 g/mol. The summed E-state index contributed by atoms with van der Waals surface area (Å²) >= 11 is 1.18. The molecule has 0 unspecified atom stereocenters. The van der Waals surface area contributed by atoms with E-state index < -0.39 is 5.97 Å². The quantitative estimate of drug-likeness (QED) is 0.679. The van der Waals surface area contributed by atoms with Crippen molar-refractivity contribution in [2.24, 2.45) is 0 Å². The summed E-state index contributed by atoms with van der Waals surface area (Å²) in [6.07, 6.45) is 3.54. The third-order valence-electron chi connectivity index (χ3n) is 3.29. The zero-order chi connectivity index (χ0) is 15.1. The zero-order valence-corrected chi connectivity index (χ0v) is 12.6. The highest BCUT2D eigenvalue weighted by Crippen LogP contribution is 2.27. The molecule has 7 heteroatoms. The monoisotopic (exact) mass is 303 g/mol. The first kappa shape index (κ1) is 13.6. The maximum absolute atomic E-state index is 12.7. The Morgan fingerprint density at radius 3 is 2.57 bits per heavy atom. The first-order valence-electron chi connectivity index (χ1n) is 6.29. The molecule has 0 N–H and O–H groups in total. The first-order chi connectivity index (χ1) is 10.0. The number of esters is 1. The van der Waals surface area contributed by atoms with Crippen molar-refractivity contribution in [2.45, 2.75) is 13.8 Å². The molecule has 108 valence electrons. The van der Waals surface area contributed by atoms with Gasteiger partial charge in [0.15, 0.2) is 0 Å². The smallest absolute Gasteiger partial charge is 0.348 e. The number of hydrogen-bond acceptors (Lipinski definition) is 5. The van der Waals surface area contributed by atoms with Gasteiger partial charge >= 0.3 is 5.97 Å². The van der Waals surface area contributed by atoms with Crippen molar-refractivity contribution in [2.75, 3.05) is 7.11 Å². The fraction of sp³-hybridized carbons (Fsp3) is 0.214. The van der Waals surface area contributed by atoms with Crippen molar-refractivity contribution in [1.82, 2.24) is 14.3 Å². The topological polar surface area (TPSA) is 66.1 Å². The second-order valence-corrected chi connectivity index (χ2v) is 5.57. The van der Waals surface area contributed by atoms with Crippen molar-refractivity contribution < 1.29 is 9.53 Å². The largest absolute Gasteiger partial charge is 0.465 e. The molecule has 0 amide bonds. The lowest BCUT2D eigenvalue weighted by molar-refractivity contribution is 0.0605. The number of aryl methyl sites for hydroxylation is 2. The summed E-state index contributed by atoms with van der Waals surface area (Å²) in [6.45, 7) is 3.50. The number of nitrogens with zero attached hydrogens (tertiary/aromatic N) is 3. The Labute approximate surface area is 124 Å². The van der Waals surface area contributed by atoms with Crippen LogP contribution in [0.4, 0.5) is 0 Å². The molecule has 0 radical (unpaired) electrons. The normalized spacial score (nSPS) is 11.0. The summed E-state index contributed by atoms with van der Waals surface area (Å²) in [5, 5.41) is 0.458. The second kappa shape index (κ2) is 4.85. The van der Waals surface area contributed by atoms with Crippen LogP contribution in [0.3, 0.4) is 0 Å². The van der Waals surface area contributed by atoms with Gasteiger partial charge in [-0.2, -0.15) is 4.68 Å². The van der Waals surface area contributed by atoms with E-state index in [4.69, 9.17) is 4.74 Å². The molecule has 3 heterocycles. The van der Waals surface area contributed by atoms with Crippen LogP contribution >= 0.6 is 11.3 Å². The van der Waals surface area contributed by atoms with E-state index in [0.717, 1.165) is 0 Å². The predicted octanol–water partition coefficient (Wildman–Crippen LogP) is 1.97. The highest BCUT2D eigenvalue weighted by Gasteiger charge is 2.21. The molecule has 0 saturated carbocycles. The fourth-order valence-corrected chi connectivity index (χ4v) is 3.43. The summed E-state index contributed by atoms with van der Waals surface area (Å²) in [7, 11) is 1.32. The number of methoxy groups -OCH3 is 1. The number of aromatic nitrogens is 3. The number of thiophene rings is 1. The Morgan fingerprint density at radius 1 is 1.29 bits per heavy atom. The van der Waals surface area contributed by atoms with Gasteiger partial charge in [0.2, 0.25) is 0 Å². The van der Waals surface area contributed by atoms with Gasteiger partial charge < -0.3 is 4.74 Å². The van der Waals surface area contributed by atoms with Crippen LogP contribution in [0.5, 0.6) is 0 Å². The summed E-state index contributed by atoms with van der Waals surface area (Å²) in [6, 6.07) is 3.66. The van der Waals surface area contributed by atoms with Crippen molar-refractivity contribution in [3.63, 3.8) is 0 Å². The highest BCUT2D eigenvalue weighted by atomic mass is 32.1. The van der Waals surface area contributed by atoms with Crippen LogP contribution in [0, 0.1) is 13.8 Å². The van der Waals surface area contributed by atoms with E-state index in [2.05, 4.69) is 4.98 Å². The Bertz CT molecular complexity index is 890. The molecular formula is C14H13N3O3S. The average molecular weight is 303 g/mol. The SMILES string of the molecule is COC(=O)c1sc2nc(C)n(-n3cccc3)c(=O)c2c1C. The first-order valence-corrected chi connectivity index (χ1v) is 7.11. The molecule has 0 aliphatic carbocycles. The lowest BCUT2D eigenvalue weighted by Crippen LogP contribution is -2.28. The molecule has 21 heavy (non-hydrogen) atoms. The molecule has 0 aliphatic rings. The molecule has 0 atom stereocenters. The third kappa shape index (κ3) is 1.97. The van der Waals surface area contributed by atoms with Crippen LogP contribution in [-0.4, -0.2) is 27.4 Å². The minimum absolute atomic E-state index is 0.197.